The van der Waals surface area contributed by atoms with Crippen molar-refractivity contribution in [2.75, 3.05) is 19.0 Å². The summed E-state index contributed by atoms with van der Waals surface area (Å²) in [7, 11) is 5.82. The fraction of sp³-hybridized carbons (Fsp3) is 0.545. The highest BCUT2D eigenvalue weighted by molar-refractivity contribution is 8.01. The van der Waals surface area contributed by atoms with Gasteiger partial charge in [-0.1, -0.05) is 23.1 Å². The molecule has 8 heteroatoms. The predicted molar refractivity (Wildman–Crippen MR) is 79.7 cm³/mol. The van der Waals surface area contributed by atoms with Gasteiger partial charge in [0, 0.05) is 38.9 Å². The minimum Gasteiger partial charge on any atom is -0.353 e. The Morgan fingerprint density at radius 2 is 2.16 bits per heavy atom. The van der Waals surface area contributed by atoms with Crippen molar-refractivity contribution in [1.82, 2.24) is 20.0 Å². The van der Waals surface area contributed by atoms with Gasteiger partial charge in [0.15, 0.2) is 4.34 Å². The van der Waals surface area contributed by atoms with Gasteiger partial charge in [-0.3, -0.25) is 4.68 Å². The first-order valence-corrected chi connectivity index (χ1v) is 7.58. The quantitative estimate of drug-likeness (QED) is 0.844. The lowest BCUT2D eigenvalue weighted by atomic mass is 10.1. The van der Waals surface area contributed by atoms with Crippen LogP contribution in [0.1, 0.15) is 17.7 Å². The van der Waals surface area contributed by atoms with E-state index in [4.69, 9.17) is 5.73 Å². The number of anilines is 1. The van der Waals surface area contributed by atoms with E-state index in [1.54, 1.807) is 27.8 Å². The van der Waals surface area contributed by atoms with Gasteiger partial charge in [0.2, 0.25) is 5.13 Å². The first kappa shape index (κ1) is 14.3. The molecule has 2 atom stereocenters. The molecule has 2 N–H and O–H groups in total. The SMILES string of the molecule is CC(N)C(Sc1nnc(N(C)C)s1)c1cnn(C)c1. The largest absolute Gasteiger partial charge is 0.353 e. The Bertz CT molecular complexity index is 533. The van der Waals surface area contributed by atoms with Crippen LogP contribution < -0.4 is 10.6 Å². The average molecular weight is 298 g/mol. The normalized spacial score (nSPS) is 14.4. The van der Waals surface area contributed by atoms with Crippen molar-refractivity contribution in [1.29, 1.82) is 0 Å². The maximum atomic E-state index is 6.08. The Morgan fingerprint density at radius 1 is 1.42 bits per heavy atom. The maximum absolute atomic E-state index is 6.08. The van der Waals surface area contributed by atoms with E-state index in [9.17, 15) is 0 Å². The van der Waals surface area contributed by atoms with Crippen LogP contribution >= 0.6 is 23.1 Å². The summed E-state index contributed by atoms with van der Waals surface area (Å²) in [6.45, 7) is 2.00. The maximum Gasteiger partial charge on any atom is 0.208 e. The van der Waals surface area contributed by atoms with Gasteiger partial charge in [-0.2, -0.15) is 5.10 Å². The van der Waals surface area contributed by atoms with Crippen LogP contribution in [0.25, 0.3) is 0 Å². The fourth-order valence-electron chi connectivity index (χ4n) is 1.61. The Labute approximate surface area is 121 Å². The molecule has 0 bridgehead atoms. The van der Waals surface area contributed by atoms with E-state index in [1.807, 2.05) is 45.4 Å². The molecule has 2 rings (SSSR count). The highest BCUT2D eigenvalue weighted by atomic mass is 32.2. The number of nitrogens with two attached hydrogens (primary N) is 1. The van der Waals surface area contributed by atoms with Gasteiger partial charge in [0.1, 0.15) is 0 Å². The molecule has 0 aliphatic heterocycles. The Morgan fingerprint density at radius 3 is 2.63 bits per heavy atom. The molecule has 0 aromatic carbocycles. The van der Waals surface area contributed by atoms with E-state index in [0.29, 0.717) is 0 Å². The lowest BCUT2D eigenvalue weighted by Gasteiger charge is -2.16. The highest BCUT2D eigenvalue weighted by Crippen LogP contribution is 2.39. The fourth-order valence-corrected chi connectivity index (χ4v) is 3.61. The monoisotopic (exact) mass is 298 g/mol. The molecular weight excluding hydrogens is 280 g/mol. The molecule has 2 heterocycles. The first-order chi connectivity index (χ1) is 8.97. The molecule has 0 saturated carbocycles. The van der Waals surface area contributed by atoms with Crippen LogP contribution in [0, 0.1) is 0 Å². The zero-order valence-electron chi connectivity index (χ0n) is 11.4. The zero-order valence-corrected chi connectivity index (χ0v) is 13.1. The predicted octanol–water partition coefficient (Wildman–Crippen LogP) is 1.52. The third-order valence-corrected chi connectivity index (χ3v) is 5.20. The molecule has 0 radical (unpaired) electrons. The number of aromatic nitrogens is 4. The summed E-state index contributed by atoms with van der Waals surface area (Å²) < 4.78 is 2.71. The van der Waals surface area contributed by atoms with Crippen LogP contribution in [-0.2, 0) is 7.05 Å². The van der Waals surface area contributed by atoms with Crippen molar-refractivity contribution in [3.05, 3.63) is 18.0 Å². The Balaban J connectivity index is 2.16. The summed E-state index contributed by atoms with van der Waals surface area (Å²) in [6, 6.07) is 0.0147. The van der Waals surface area contributed by atoms with Gasteiger partial charge in [0.25, 0.3) is 0 Å². The van der Waals surface area contributed by atoms with Gasteiger partial charge >= 0.3 is 0 Å². The molecule has 2 aromatic heterocycles. The molecule has 0 fully saturated rings. The number of aryl methyl sites for hydroxylation is 1. The molecule has 2 unspecified atom stereocenters. The number of nitrogens with zero attached hydrogens (tertiary/aromatic N) is 5. The summed E-state index contributed by atoms with van der Waals surface area (Å²) in [5.41, 5.74) is 7.20. The van der Waals surface area contributed by atoms with Crippen molar-refractivity contribution in [2.45, 2.75) is 22.6 Å². The molecule has 0 spiro atoms. The summed E-state index contributed by atoms with van der Waals surface area (Å²) in [4.78, 5) is 1.95. The van der Waals surface area contributed by atoms with Gasteiger partial charge in [-0.25, -0.2) is 0 Å². The smallest absolute Gasteiger partial charge is 0.208 e. The van der Waals surface area contributed by atoms with Crippen LogP contribution in [0.4, 0.5) is 5.13 Å². The van der Waals surface area contributed by atoms with Crippen LogP contribution in [-0.4, -0.2) is 40.1 Å². The lowest BCUT2D eigenvalue weighted by molar-refractivity contribution is 0.717. The van der Waals surface area contributed by atoms with Gasteiger partial charge in [0.05, 0.1) is 11.4 Å². The first-order valence-electron chi connectivity index (χ1n) is 5.89. The lowest BCUT2D eigenvalue weighted by Crippen LogP contribution is -2.22. The van der Waals surface area contributed by atoms with Crippen LogP contribution in [0.15, 0.2) is 16.7 Å². The summed E-state index contributed by atoms with van der Waals surface area (Å²) in [5, 5.41) is 13.6. The topological polar surface area (TPSA) is 72.9 Å². The minimum absolute atomic E-state index is 0.0147. The average Bonchev–Trinajstić information content (AvgIpc) is 2.94. The number of hydrogen-bond acceptors (Lipinski definition) is 7. The third-order valence-electron chi connectivity index (χ3n) is 2.54. The second-order valence-corrected chi connectivity index (χ2v) is 6.93. The third kappa shape index (κ3) is 3.46. The second-order valence-electron chi connectivity index (χ2n) is 4.59. The molecule has 0 aliphatic carbocycles. The van der Waals surface area contributed by atoms with E-state index in [1.165, 1.54) is 0 Å². The van der Waals surface area contributed by atoms with E-state index in [-0.39, 0.29) is 11.3 Å². The minimum atomic E-state index is 0.0147. The number of thioether (sulfide) groups is 1. The Kier molecular flexibility index (Phi) is 4.43. The van der Waals surface area contributed by atoms with E-state index >= 15 is 0 Å². The van der Waals surface area contributed by atoms with Crippen LogP contribution in [0.5, 0.6) is 0 Å². The van der Waals surface area contributed by atoms with E-state index < -0.39 is 0 Å². The molecule has 104 valence electrons. The summed E-state index contributed by atoms with van der Waals surface area (Å²) in [5.74, 6) is 0. The Hall–Kier alpha value is -1.12. The van der Waals surface area contributed by atoms with Crippen LogP contribution in [0.3, 0.4) is 0 Å². The molecular formula is C11H18N6S2. The van der Waals surface area contributed by atoms with Crippen molar-refractivity contribution in [2.24, 2.45) is 12.8 Å². The molecule has 0 amide bonds. The zero-order chi connectivity index (χ0) is 14.0. The van der Waals surface area contributed by atoms with Crippen molar-refractivity contribution >= 4 is 28.2 Å². The molecule has 6 nitrogen and oxygen atoms in total. The van der Waals surface area contributed by atoms with E-state index in [2.05, 4.69) is 15.3 Å². The highest BCUT2D eigenvalue weighted by Gasteiger charge is 2.21. The van der Waals surface area contributed by atoms with Gasteiger partial charge < -0.3 is 10.6 Å². The van der Waals surface area contributed by atoms with Gasteiger partial charge in [-0.05, 0) is 6.92 Å². The summed E-state index contributed by atoms with van der Waals surface area (Å²) >= 11 is 3.21. The van der Waals surface area contributed by atoms with Crippen molar-refractivity contribution in [3.8, 4) is 0 Å². The molecule has 0 aliphatic rings. The summed E-state index contributed by atoms with van der Waals surface area (Å²) in [6.07, 6.45) is 3.85. The van der Waals surface area contributed by atoms with Crippen LogP contribution in [0.2, 0.25) is 0 Å². The van der Waals surface area contributed by atoms with Crippen molar-refractivity contribution in [3.63, 3.8) is 0 Å². The molecule has 19 heavy (non-hydrogen) atoms. The van der Waals surface area contributed by atoms with Gasteiger partial charge in [-0.15, -0.1) is 10.2 Å². The number of rotatable bonds is 5. The van der Waals surface area contributed by atoms with E-state index in [0.717, 1.165) is 15.0 Å². The second kappa shape index (κ2) is 5.89. The van der Waals surface area contributed by atoms with Crippen molar-refractivity contribution < 1.29 is 0 Å². The molecule has 0 saturated heterocycles. The number of hydrogen-bond donors (Lipinski definition) is 1. The standard InChI is InChI=1S/C11H18N6S2/c1-7(12)9(8-5-13-17(4)6-8)18-11-15-14-10(19-11)16(2)3/h5-7,9H,12H2,1-4H3. The molecule has 2 aromatic rings.